The number of hydrogen-bond donors (Lipinski definition) is 0. The molecule has 196 valence electrons. The first-order chi connectivity index (χ1) is 18.0. The normalized spacial score (nSPS) is 22.3. The van der Waals surface area contributed by atoms with Gasteiger partial charge in [-0.15, -0.1) is 0 Å². The number of carbonyl (C=O) groups is 1. The van der Waals surface area contributed by atoms with Crippen LogP contribution >= 0.6 is 11.6 Å². The molecule has 9 heteroatoms. The van der Waals surface area contributed by atoms with Crippen LogP contribution in [0, 0.1) is 5.92 Å². The fourth-order valence-corrected chi connectivity index (χ4v) is 5.12. The van der Waals surface area contributed by atoms with Crippen molar-refractivity contribution < 1.29 is 19.0 Å². The van der Waals surface area contributed by atoms with E-state index in [1.165, 1.54) is 5.69 Å². The van der Waals surface area contributed by atoms with Crippen LogP contribution in [0.5, 0.6) is 0 Å². The van der Waals surface area contributed by atoms with Gasteiger partial charge in [0, 0.05) is 67.7 Å². The van der Waals surface area contributed by atoms with Gasteiger partial charge in [0.25, 0.3) is 0 Å². The van der Waals surface area contributed by atoms with Crippen molar-refractivity contribution in [2.45, 2.75) is 25.9 Å². The Morgan fingerprint density at radius 1 is 1.08 bits per heavy atom. The Morgan fingerprint density at radius 3 is 2.46 bits per heavy atom. The van der Waals surface area contributed by atoms with Gasteiger partial charge < -0.3 is 28.6 Å². The van der Waals surface area contributed by atoms with Gasteiger partial charge in [-0.05, 0) is 23.8 Å². The molecule has 2 aliphatic rings. The summed E-state index contributed by atoms with van der Waals surface area (Å²) in [6, 6.07) is 16.1. The van der Waals surface area contributed by atoms with Crippen LogP contribution in [0.3, 0.4) is 0 Å². The number of nitrogens with zero attached hydrogens (tertiary/aromatic N) is 4. The summed E-state index contributed by atoms with van der Waals surface area (Å²) in [6.07, 6.45) is 5.37. The number of aromatic nitrogens is 2. The summed E-state index contributed by atoms with van der Waals surface area (Å²) in [7, 11) is 0. The van der Waals surface area contributed by atoms with Crippen molar-refractivity contribution in [3.63, 3.8) is 0 Å². The average Bonchev–Trinajstić information content (AvgIpc) is 3.43. The molecule has 0 spiro atoms. The quantitative estimate of drug-likeness (QED) is 0.444. The molecule has 0 saturated carbocycles. The second kappa shape index (κ2) is 11.6. The highest BCUT2D eigenvalue weighted by atomic mass is 35.5. The molecular weight excluding hydrogens is 492 g/mol. The van der Waals surface area contributed by atoms with Crippen LogP contribution in [0.2, 0.25) is 5.02 Å². The second-order valence-corrected chi connectivity index (χ2v) is 10.0. The van der Waals surface area contributed by atoms with E-state index in [-0.39, 0.29) is 11.8 Å². The number of anilines is 1. The number of ether oxygens (including phenoxy) is 3. The minimum absolute atomic E-state index is 0.121. The monoisotopic (exact) mass is 524 g/mol. The Bertz CT molecular complexity index is 1160. The fourth-order valence-electron chi connectivity index (χ4n) is 4.84. The lowest BCUT2D eigenvalue weighted by molar-refractivity contribution is -0.302. The van der Waals surface area contributed by atoms with E-state index < -0.39 is 5.79 Å². The van der Waals surface area contributed by atoms with E-state index in [1.54, 1.807) is 19.4 Å². The van der Waals surface area contributed by atoms with E-state index in [0.29, 0.717) is 38.0 Å². The topological polar surface area (TPSA) is 69.1 Å². The lowest BCUT2D eigenvalue weighted by Gasteiger charge is -2.41. The number of amides is 1. The highest BCUT2D eigenvalue weighted by Gasteiger charge is 2.41. The van der Waals surface area contributed by atoms with E-state index in [2.05, 4.69) is 34.1 Å². The van der Waals surface area contributed by atoms with E-state index in [9.17, 15) is 4.79 Å². The third-order valence-corrected chi connectivity index (χ3v) is 7.32. The third-order valence-electron chi connectivity index (χ3n) is 6.99. The molecule has 0 unspecified atom stereocenters. The maximum Gasteiger partial charge on any atom is 0.219 e. The van der Waals surface area contributed by atoms with Gasteiger partial charge in [-0.25, -0.2) is 4.98 Å². The van der Waals surface area contributed by atoms with E-state index in [1.807, 2.05) is 39.9 Å². The summed E-state index contributed by atoms with van der Waals surface area (Å²) in [4.78, 5) is 19.9. The Morgan fingerprint density at radius 2 is 1.81 bits per heavy atom. The molecule has 3 heterocycles. The van der Waals surface area contributed by atoms with Crippen LogP contribution < -0.4 is 4.90 Å². The van der Waals surface area contributed by atoms with Gasteiger partial charge in [0.05, 0.1) is 39.3 Å². The zero-order chi connectivity index (χ0) is 25.7. The molecule has 2 aromatic carbocycles. The van der Waals surface area contributed by atoms with Crippen molar-refractivity contribution in [3.8, 4) is 0 Å². The zero-order valence-electron chi connectivity index (χ0n) is 21.1. The molecule has 1 aromatic heterocycles. The van der Waals surface area contributed by atoms with E-state index in [0.717, 1.165) is 37.3 Å². The van der Waals surface area contributed by atoms with Crippen molar-refractivity contribution in [2.24, 2.45) is 5.92 Å². The maximum atomic E-state index is 11.5. The second-order valence-electron chi connectivity index (χ2n) is 9.63. The Kier molecular flexibility index (Phi) is 8.10. The number of benzene rings is 2. The molecular formula is C28H33ClN4O4. The number of hydrogen-bond acceptors (Lipinski definition) is 6. The van der Waals surface area contributed by atoms with Crippen LogP contribution in [-0.4, -0.2) is 66.4 Å². The highest BCUT2D eigenvalue weighted by molar-refractivity contribution is 6.31. The Hall–Kier alpha value is -2.91. The fraction of sp³-hybridized carbons (Fsp3) is 0.429. The lowest BCUT2D eigenvalue weighted by atomic mass is 10.0. The van der Waals surface area contributed by atoms with Crippen molar-refractivity contribution in [3.05, 3.63) is 83.4 Å². The van der Waals surface area contributed by atoms with Crippen molar-refractivity contribution >= 4 is 23.2 Å². The highest BCUT2D eigenvalue weighted by Crippen LogP contribution is 2.38. The first-order valence-corrected chi connectivity index (χ1v) is 13.1. The minimum atomic E-state index is -0.971. The van der Waals surface area contributed by atoms with E-state index in [4.69, 9.17) is 25.8 Å². The first-order valence-electron chi connectivity index (χ1n) is 12.7. The van der Waals surface area contributed by atoms with Crippen molar-refractivity contribution in [1.29, 1.82) is 0 Å². The van der Waals surface area contributed by atoms with Gasteiger partial charge >= 0.3 is 0 Å². The largest absolute Gasteiger partial charge is 0.376 e. The van der Waals surface area contributed by atoms with Crippen LogP contribution in [0.4, 0.5) is 5.69 Å². The summed E-state index contributed by atoms with van der Waals surface area (Å²) in [5.41, 5.74) is 3.11. The molecule has 1 amide bonds. The van der Waals surface area contributed by atoms with Gasteiger partial charge in [-0.3, -0.25) is 4.79 Å². The summed E-state index contributed by atoms with van der Waals surface area (Å²) < 4.78 is 20.7. The summed E-state index contributed by atoms with van der Waals surface area (Å²) >= 11 is 6.53. The lowest BCUT2D eigenvalue weighted by Crippen LogP contribution is -2.48. The molecule has 5 rings (SSSR count). The van der Waals surface area contributed by atoms with E-state index >= 15 is 0 Å². The molecule has 2 saturated heterocycles. The SMILES string of the molecule is CC(=O)N1CCN(c2ccc(COCC3COC(Cn4ccnc4)(c4ccccc4Cl)OC3)cc2)CC1. The summed E-state index contributed by atoms with van der Waals surface area (Å²) in [5, 5.41) is 0.612. The third kappa shape index (κ3) is 6.15. The van der Waals surface area contributed by atoms with Gasteiger partial charge in [0.15, 0.2) is 0 Å². The molecule has 2 aliphatic heterocycles. The van der Waals surface area contributed by atoms with Crippen LogP contribution in [-0.2, 0) is 37.9 Å². The molecule has 0 atom stereocenters. The van der Waals surface area contributed by atoms with Gasteiger partial charge in [-0.2, -0.15) is 0 Å². The number of imidazole rings is 1. The minimum Gasteiger partial charge on any atom is -0.376 e. The first kappa shape index (κ1) is 25.7. The molecule has 37 heavy (non-hydrogen) atoms. The number of rotatable bonds is 8. The van der Waals surface area contributed by atoms with Gasteiger partial charge in [0.2, 0.25) is 11.7 Å². The van der Waals surface area contributed by atoms with Gasteiger partial charge in [-0.1, -0.05) is 41.9 Å². The van der Waals surface area contributed by atoms with Crippen LogP contribution in [0.15, 0.2) is 67.3 Å². The Balaban J connectivity index is 1.12. The van der Waals surface area contributed by atoms with Gasteiger partial charge in [0.1, 0.15) is 0 Å². The number of halogens is 1. The summed E-state index contributed by atoms with van der Waals surface area (Å²) in [6.45, 7) is 7.42. The molecule has 0 aliphatic carbocycles. The number of piperazine rings is 1. The molecule has 0 radical (unpaired) electrons. The Labute approximate surface area is 222 Å². The predicted octanol–water partition coefficient (Wildman–Crippen LogP) is 3.94. The molecule has 0 bridgehead atoms. The smallest absolute Gasteiger partial charge is 0.219 e. The van der Waals surface area contributed by atoms with Crippen molar-refractivity contribution in [1.82, 2.24) is 14.5 Å². The molecule has 3 aromatic rings. The van der Waals surface area contributed by atoms with Crippen molar-refractivity contribution in [2.75, 3.05) is 50.9 Å². The molecule has 8 nitrogen and oxygen atoms in total. The standard InChI is InChI=1S/C28H33ClN4O4/c1-22(34)32-12-14-33(15-13-32)25-8-6-23(7-9-25)16-35-17-24-18-36-28(37-19-24,20-31-11-10-30-21-31)26-4-2-3-5-27(26)29/h2-11,21,24H,12-20H2,1H3. The molecule has 2 fully saturated rings. The average molecular weight is 525 g/mol. The van der Waals surface area contributed by atoms with Crippen LogP contribution in [0.1, 0.15) is 18.1 Å². The predicted molar refractivity (Wildman–Crippen MR) is 141 cm³/mol. The summed E-state index contributed by atoms with van der Waals surface area (Å²) in [5.74, 6) is -0.703. The zero-order valence-corrected chi connectivity index (χ0v) is 21.8. The number of carbonyl (C=O) groups excluding carboxylic acids is 1. The maximum absolute atomic E-state index is 11.5. The molecule has 0 N–H and O–H groups in total. The van der Waals surface area contributed by atoms with Crippen LogP contribution in [0.25, 0.3) is 0 Å².